The van der Waals surface area contributed by atoms with Gasteiger partial charge in [0.25, 0.3) is 0 Å². The molecule has 0 saturated carbocycles. The van der Waals surface area contributed by atoms with E-state index in [1.54, 1.807) is 44.2 Å². The number of rotatable bonds is 3. The van der Waals surface area contributed by atoms with E-state index in [0.29, 0.717) is 16.8 Å². The number of benzene rings is 3. The second kappa shape index (κ2) is 12.7. The van der Waals surface area contributed by atoms with E-state index < -0.39 is 5.90 Å². The molecule has 0 atom stereocenters. The summed E-state index contributed by atoms with van der Waals surface area (Å²) in [5.41, 5.74) is 1.37. The van der Waals surface area contributed by atoms with Crippen LogP contribution in [0.2, 0.25) is 0 Å². The fourth-order valence-corrected chi connectivity index (χ4v) is 2.43. The molecule has 1 radical (unpaired) electrons. The van der Waals surface area contributed by atoms with Gasteiger partial charge in [0.1, 0.15) is 0 Å². The van der Waals surface area contributed by atoms with Crippen LogP contribution >= 0.6 is 0 Å². The Bertz CT molecular complexity index is 928. The molecule has 0 amide bonds. The molecular formula is C21H19N2O4V-5. The first-order valence-corrected chi connectivity index (χ1v) is 8.20. The molecule has 0 bridgehead atoms. The van der Waals surface area contributed by atoms with E-state index in [-0.39, 0.29) is 36.4 Å². The summed E-state index contributed by atoms with van der Waals surface area (Å²) in [6, 6.07) is 19.6. The molecule has 0 fully saturated rings. The number of hydrogen-bond donors (Lipinski definition) is 0. The molecular weight excluding hydrogens is 395 g/mol. The monoisotopic (exact) mass is 414 g/mol. The molecule has 0 unspecified atom stereocenters. The van der Waals surface area contributed by atoms with Crippen LogP contribution in [-0.2, 0) is 24.0 Å². The normalized spacial score (nSPS) is 11.0. The zero-order valence-corrected chi connectivity index (χ0v) is 16.9. The molecule has 0 N–H and O–H groups in total. The maximum Gasteiger partial charge on any atom is 0.0671 e. The summed E-state index contributed by atoms with van der Waals surface area (Å²) in [5, 5.41) is 42.6. The summed E-state index contributed by atoms with van der Waals surface area (Å²) in [5.74, 6) is -0.565. The first-order valence-electron chi connectivity index (χ1n) is 8.20. The Kier molecular flexibility index (Phi) is 11.5. The molecule has 3 aromatic carbocycles. The Labute approximate surface area is 176 Å². The van der Waals surface area contributed by atoms with Crippen LogP contribution in [-0.4, -0.2) is 18.2 Å². The topological polar surface area (TPSA) is 122 Å². The van der Waals surface area contributed by atoms with Crippen molar-refractivity contribution < 1.29 is 39.4 Å². The summed E-state index contributed by atoms with van der Waals surface area (Å²) in [4.78, 5) is 0. The van der Waals surface area contributed by atoms with E-state index in [2.05, 4.69) is 10.2 Å². The van der Waals surface area contributed by atoms with E-state index in [0.717, 1.165) is 10.8 Å². The molecule has 28 heavy (non-hydrogen) atoms. The van der Waals surface area contributed by atoms with Crippen molar-refractivity contribution in [1.29, 1.82) is 0 Å². The summed E-state index contributed by atoms with van der Waals surface area (Å²) >= 11 is 0. The molecule has 0 aliphatic rings. The van der Waals surface area contributed by atoms with E-state index in [9.17, 15) is 10.2 Å². The first kappa shape index (κ1) is 25.4. The standard InChI is InChI=1S/C19H16N2O2.C2H5O.O.V/c1-13(20-21-19(23)15-8-3-2-4-9-15)18-16-10-6-5-7-14(16)11-12-17(18)22;1-2-3;;/h2-12,22H,1H3,(H,21,23);2H2,1H3;;/q;-1;-2;/p-2/b20-13+;;;. The van der Waals surface area contributed by atoms with E-state index in [1.807, 2.05) is 30.3 Å². The van der Waals surface area contributed by atoms with Crippen molar-refractivity contribution in [3.63, 3.8) is 0 Å². The quantitative estimate of drug-likeness (QED) is 0.368. The fourth-order valence-electron chi connectivity index (χ4n) is 2.43. The molecule has 3 rings (SSSR count). The van der Waals surface area contributed by atoms with Crippen molar-refractivity contribution in [1.82, 2.24) is 0 Å². The zero-order valence-electron chi connectivity index (χ0n) is 15.5. The van der Waals surface area contributed by atoms with Gasteiger partial charge in [0.2, 0.25) is 0 Å². The molecule has 6 nitrogen and oxygen atoms in total. The third-order valence-electron chi connectivity index (χ3n) is 3.56. The van der Waals surface area contributed by atoms with Gasteiger partial charge < -0.3 is 20.8 Å². The van der Waals surface area contributed by atoms with Crippen LogP contribution in [0.1, 0.15) is 25.0 Å². The molecule has 147 valence electrons. The molecule has 0 spiro atoms. The van der Waals surface area contributed by atoms with Crippen LogP contribution in [0.3, 0.4) is 0 Å². The molecule has 7 heteroatoms. The van der Waals surface area contributed by atoms with Gasteiger partial charge in [-0.3, -0.25) is 0 Å². The molecule has 3 aromatic rings. The van der Waals surface area contributed by atoms with Gasteiger partial charge in [0.05, 0.1) is 5.71 Å². The predicted octanol–water partition coefficient (Wildman–Crippen LogP) is 1.69. The van der Waals surface area contributed by atoms with E-state index in [4.69, 9.17) is 5.11 Å². The fraction of sp³-hybridized carbons (Fsp3) is 0.143. The summed E-state index contributed by atoms with van der Waals surface area (Å²) < 4.78 is 0. The Morgan fingerprint density at radius 3 is 2.11 bits per heavy atom. The van der Waals surface area contributed by atoms with Crippen molar-refractivity contribution in [3.8, 4) is 5.75 Å². The number of nitrogens with zero attached hydrogens (tertiary/aromatic N) is 2. The van der Waals surface area contributed by atoms with Crippen molar-refractivity contribution >= 4 is 22.4 Å². The van der Waals surface area contributed by atoms with Crippen molar-refractivity contribution in [3.05, 3.63) is 77.9 Å². The third kappa shape index (κ3) is 6.51. The van der Waals surface area contributed by atoms with Gasteiger partial charge in [-0.15, -0.1) is 6.61 Å². The van der Waals surface area contributed by atoms with Gasteiger partial charge >= 0.3 is 0 Å². The molecule has 0 saturated heterocycles. The molecule has 0 aromatic heterocycles. The Hall–Kier alpha value is -2.64. The van der Waals surface area contributed by atoms with Crippen LogP contribution < -0.4 is 15.3 Å². The van der Waals surface area contributed by atoms with E-state index >= 15 is 0 Å². The molecule has 0 heterocycles. The van der Waals surface area contributed by atoms with Crippen LogP contribution in [0.4, 0.5) is 0 Å². The first-order chi connectivity index (χ1) is 12.6. The van der Waals surface area contributed by atoms with Crippen LogP contribution in [0, 0.1) is 0 Å². The van der Waals surface area contributed by atoms with Gasteiger partial charge in [-0.25, -0.2) is 0 Å². The number of hydrogen-bond acceptors (Lipinski definition) is 5. The molecule has 0 aliphatic heterocycles. The third-order valence-corrected chi connectivity index (χ3v) is 3.56. The Morgan fingerprint density at radius 1 is 0.893 bits per heavy atom. The summed E-state index contributed by atoms with van der Waals surface area (Å²) in [7, 11) is 0. The van der Waals surface area contributed by atoms with Crippen molar-refractivity contribution in [2.45, 2.75) is 13.8 Å². The average molecular weight is 414 g/mol. The van der Waals surface area contributed by atoms with Gasteiger partial charge in [-0.1, -0.05) is 79.4 Å². The Balaban J connectivity index is 0.00000137. The summed E-state index contributed by atoms with van der Waals surface area (Å²) in [6.07, 6.45) is 0. The van der Waals surface area contributed by atoms with Gasteiger partial charge in [-0.05, 0) is 28.8 Å². The minimum atomic E-state index is -0.433. The second-order valence-electron chi connectivity index (χ2n) is 5.41. The Morgan fingerprint density at radius 2 is 1.46 bits per heavy atom. The van der Waals surface area contributed by atoms with Crippen LogP contribution in [0.5, 0.6) is 5.75 Å². The zero-order chi connectivity index (χ0) is 18.9. The van der Waals surface area contributed by atoms with Crippen LogP contribution in [0.25, 0.3) is 10.8 Å². The maximum atomic E-state index is 12.2. The van der Waals surface area contributed by atoms with E-state index in [1.165, 1.54) is 6.07 Å². The predicted molar refractivity (Wildman–Crippen MR) is 99.8 cm³/mol. The van der Waals surface area contributed by atoms with Crippen molar-refractivity contribution in [2.24, 2.45) is 10.2 Å². The SMILES string of the molecule is C/C(=N\N=C(/[O-])c1ccccc1)c1c([O-])ccc2ccccc12.CC[O-].[O-2].[V]. The molecule has 0 aliphatic carbocycles. The minimum Gasteiger partial charge on any atom is -2.00 e. The van der Waals surface area contributed by atoms with Gasteiger partial charge in [-0.2, -0.15) is 10.2 Å². The second-order valence-corrected chi connectivity index (χ2v) is 5.41. The smallest absolute Gasteiger partial charge is 0.0671 e. The van der Waals surface area contributed by atoms with Gasteiger partial charge in [0.15, 0.2) is 0 Å². The maximum absolute atomic E-state index is 12.2. The minimum absolute atomic E-state index is 0. The van der Waals surface area contributed by atoms with Crippen molar-refractivity contribution in [2.75, 3.05) is 6.61 Å². The van der Waals surface area contributed by atoms with Gasteiger partial charge in [0, 0.05) is 24.5 Å². The summed E-state index contributed by atoms with van der Waals surface area (Å²) in [6.45, 7) is 3.25. The average Bonchev–Trinajstić information content (AvgIpc) is 2.67. The largest absolute Gasteiger partial charge is 2.00 e. The van der Waals surface area contributed by atoms with Crippen LogP contribution in [0.15, 0.2) is 76.9 Å². The number of fused-ring (bicyclic) bond motifs is 1.